The molecule has 1 aliphatic rings. The van der Waals surface area contributed by atoms with Crippen LogP contribution in [0.25, 0.3) is 6.08 Å². The van der Waals surface area contributed by atoms with E-state index in [1.54, 1.807) is 13.8 Å². The van der Waals surface area contributed by atoms with E-state index in [1.165, 1.54) is 54.2 Å². The van der Waals surface area contributed by atoms with Gasteiger partial charge in [-0.05, 0) is 49.2 Å². The van der Waals surface area contributed by atoms with Crippen LogP contribution < -0.4 is 24.4 Å². The summed E-state index contributed by atoms with van der Waals surface area (Å²) in [7, 11) is 1.41. The number of hydrogen-bond donors (Lipinski definition) is 0. The number of halogens is 1. The van der Waals surface area contributed by atoms with Gasteiger partial charge in [0.05, 0.1) is 52.1 Å². The fourth-order valence-electron chi connectivity index (χ4n) is 4.74. The normalized spacial score (nSPS) is 14.6. The molecule has 0 saturated heterocycles. The summed E-state index contributed by atoms with van der Waals surface area (Å²) < 4.78 is 31.8. The minimum atomic E-state index is -0.948. The van der Waals surface area contributed by atoms with Gasteiger partial charge < -0.3 is 14.2 Å². The maximum Gasteiger partial charge on any atom is 0.338 e. The van der Waals surface area contributed by atoms with Crippen molar-refractivity contribution in [3.8, 4) is 11.5 Å². The van der Waals surface area contributed by atoms with E-state index in [1.807, 2.05) is 30.3 Å². The molecule has 220 valence electrons. The molecule has 0 unspecified atom stereocenters. The third-order valence-electron chi connectivity index (χ3n) is 6.74. The van der Waals surface area contributed by atoms with Crippen LogP contribution in [0.1, 0.15) is 36.6 Å². The number of carbonyl (C=O) groups excluding carboxylic acids is 1. The fraction of sp³-hybridized carbons (Fsp3) is 0.194. The number of nitro groups is 1. The van der Waals surface area contributed by atoms with Crippen molar-refractivity contribution >= 4 is 29.1 Å². The van der Waals surface area contributed by atoms with E-state index >= 15 is 0 Å². The van der Waals surface area contributed by atoms with Crippen LogP contribution in [-0.2, 0) is 16.1 Å². The van der Waals surface area contributed by atoms with E-state index in [2.05, 4.69) is 4.99 Å². The summed E-state index contributed by atoms with van der Waals surface area (Å²) in [6.07, 6.45) is 1.39. The molecule has 0 saturated carbocycles. The van der Waals surface area contributed by atoms with Crippen LogP contribution in [0.3, 0.4) is 0 Å². The number of allylic oxidation sites excluding steroid dienone is 1. The van der Waals surface area contributed by atoms with Crippen molar-refractivity contribution in [2.24, 2.45) is 4.99 Å². The zero-order valence-corrected chi connectivity index (χ0v) is 24.2. The first-order valence-electron chi connectivity index (χ1n) is 13.2. The Balaban J connectivity index is 1.64. The van der Waals surface area contributed by atoms with Crippen LogP contribution in [-0.4, -0.2) is 29.2 Å². The number of methoxy groups -OCH3 is 1. The van der Waals surface area contributed by atoms with Crippen LogP contribution in [0.5, 0.6) is 11.5 Å². The number of nitrogens with zero attached hydrogens (tertiary/aromatic N) is 3. The van der Waals surface area contributed by atoms with Crippen LogP contribution >= 0.6 is 11.3 Å². The summed E-state index contributed by atoms with van der Waals surface area (Å²) in [6, 6.07) is 16.5. The Bertz CT molecular complexity index is 1920. The average molecular weight is 604 g/mol. The molecule has 0 amide bonds. The number of benzene rings is 3. The Morgan fingerprint density at radius 3 is 2.51 bits per heavy atom. The maximum absolute atomic E-state index is 13.9. The van der Waals surface area contributed by atoms with Gasteiger partial charge in [-0.1, -0.05) is 53.8 Å². The van der Waals surface area contributed by atoms with Gasteiger partial charge in [0.15, 0.2) is 16.3 Å². The first kappa shape index (κ1) is 29.4. The van der Waals surface area contributed by atoms with Gasteiger partial charge in [0.1, 0.15) is 12.4 Å². The van der Waals surface area contributed by atoms with E-state index < -0.39 is 28.3 Å². The van der Waals surface area contributed by atoms with Gasteiger partial charge in [-0.3, -0.25) is 19.5 Å². The quantitative estimate of drug-likeness (QED) is 0.158. The van der Waals surface area contributed by atoms with Gasteiger partial charge in [0, 0.05) is 0 Å². The highest BCUT2D eigenvalue weighted by atomic mass is 32.1. The molecule has 0 aliphatic carbocycles. The molecule has 2 heterocycles. The maximum atomic E-state index is 13.9. The van der Waals surface area contributed by atoms with Crippen molar-refractivity contribution in [3.05, 3.63) is 130 Å². The van der Waals surface area contributed by atoms with Gasteiger partial charge in [-0.25, -0.2) is 14.2 Å². The molecule has 0 bridgehead atoms. The number of thiazole rings is 1. The first-order chi connectivity index (χ1) is 20.7. The van der Waals surface area contributed by atoms with Gasteiger partial charge >= 0.3 is 5.97 Å². The summed E-state index contributed by atoms with van der Waals surface area (Å²) in [4.78, 5) is 43.2. The van der Waals surface area contributed by atoms with Crippen molar-refractivity contribution in [1.82, 2.24) is 4.57 Å². The summed E-state index contributed by atoms with van der Waals surface area (Å²) in [5, 5.41) is 12.1. The number of fused-ring (bicyclic) bond motifs is 1. The van der Waals surface area contributed by atoms with E-state index in [4.69, 9.17) is 14.2 Å². The average Bonchev–Trinajstić information content (AvgIpc) is 3.30. The van der Waals surface area contributed by atoms with Crippen molar-refractivity contribution in [1.29, 1.82) is 0 Å². The topological polar surface area (TPSA) is 122 Å². The molecule has 5 rings (SSSR count). The van der Waals surface area contributed by atoms with Crippen molar-refractivity contribution < 1.29 is 28.3 Å². The number of carbonyl (C=O) groups is 1. The molecule has 3 aromatic carbocycles. The lowest BCUT2D eigenvalue weighted by atomic mass is 9.96. The molecule has 1 atom stereocenters. The second-order valence-electron chi connectivity index (χ2n) is 9.45. The van der Waals surface area contributed by atoms with Crippen molar-refractivity contribution in [2.45, 2.75) is 26.5 Å². The Kier molecular flexibility index (Phi) is 8.48. The molecule has 0 radical (unpaired) electrons. The lowest BCUT2D eigenvalue weighted by Crippen LogP contribution is -2.39. The summed E-state index contributed by atoms with van der Waals surface area (Å²) in [6.45, 7) is 3.56. The predicted molar refractivity (Wildman–Crippen MR) is 157 cm³/mol. The van der Waals surface area contributed by atoms with Gasteiger partial charge in [0.2, 0.25) is 0 Å². The number of rotatable bonds is 9. The highest BCUT2D eigenvalue weighted by molar-refractivity contribution is 7.07. The minimum absolute atomic E-state index is 0.104. The largest absolute Gasteiger partial charge is 0.493 e. The van der Waals surface area contributed by atoms with E-state index in [-0.39, 0.29) is 50.9 Å². The third-order valence-corrected chi connectivity index (χ3v) is 7.72. The van der Waals surface area contributed by atoms with Crippen molar-refractivity contribution in [3.63, 3.8) is 0 Å². The standard InChI is InChI=1S/C31H26FN3O7S/c1-4-41-30(37)27-18(2)33-31-34(28(27)20-10-12-22(32)13-11-20)29(36)26(43-31)15-21-14-24(40-3)25(16-23(21)35(38)39)42-17-19-8-6-5-7-9-19/h5-16,28H,4,17H2,1-3H3/b26-15-/t28-/m1/s1. The Hall–Kier alpha value is -5.10. The highest BCUT2D eigenvalue weighted by Gasteiger charge is 2.33. The van der Waals surface area contributed by atoms with Crippen LogP contribution in [0, 0.1) is 15.9 Å². The second-order valence-corrected chi connectivity index (χ2v) is 10.5. The molecule has 12 heteroatoms. The van der Waals surface area contributed by atoms with Crippen molar-refractivity contribution in [2.75, 3.05) is 13.7 Å². The molecular weight excluding hydrogens is 577 g/mol. The van der Waals surface area contributed by atoms with E-state index in [9.17, 15) is 24.1 Å². The summed E-state index contributed by atoms with van der Waals surface area (Å²) in [5.41, 5.74) is 1.09. The number of nitro benzene ring substituents is 1. The van der Waals surface area contributed by atoms with Gasteiger partial charge in [-0.2, -0.15) is 0 Å². The zero-order chi connectivity index (χ0) is 30.7. The molecular formula is C31H26FN3O7S. The Morgan fingerprint density at radius 1 is 1.14 bits per heavy atom. The van der Waals surface area contributed by atoms with Crippen LogP contribution in [0.2, 0.25) is 0 Å². The third kappa shape index (κ3) is 5.95. The Morgan fingerprint density at radius 2 is 1.86 bits per heavy atom. The molecule has 0 N–H and O–H groups in total. The summed E-state index contributed by atoms with van der Waals surface area (Å²) in [5.74, 6) is -0.723. The van der Waals surface area contributed by atoms with E-state index in [0.717, 1.165) is 16.9 Å². The lowest BCUT2D eigenvalue weighted by molar-refractivity contribution is -0.385. The lowest BCUT2D eigenvalue weighted by Gasteiger charge is -2.24. The smallest absolute Gasteiger partial charge is 0.338 e. The number of aromatic nitrogens is 1. The summed E-state index contributed by atoms with van der Waals surface area (Å²) >= 11 is 1.01. The van der Waals surface area contributed by atoms with Gasteiger partial charge in [0.25, 0.3) is 11.2 Å². The molecule has 0 spiro atoms. The first-order valence-corrected chi connectivity index (χ1v) is 14.0. The molecule has 1 aliphatic heterocycles. The molecule has 1 aromatic heterocycles. The highest BCUT2D eigenvalue weighted by Crippen LogP contribution is 2.36. The zero-order valence-electron chi connectivity index (χ0n) is 23.4. The molecule has 4 aromatic rings. The molecule has 0 fully saturated rings. The SMILES string of the molecule is CCOC(=O)C1=C(C)N=c2s/c(=C\c3cc(OC)c(OCc4ccccc4)cc3[N+](=O)[O-])c(=O)n2[C@@H]1c1ccc(F)cc1. The number of hydrogen-bond acceptors (Lipinski definition) is 9. The van der Waals surface area contributed by atoms with Crippen LogP contribution in [0.15, 0.2) is 87.8 Å². The minimum Gasteiger partial charge on any atom is -0.493 e. The van der Waals surface area contributed by atoms with Gasteiger partial charge in [-0.15, -0.1) is 0 Å². The fourth-order valence-corrected chi connectivity index (χ4v) is 5.78. The number of esters is 1. The second kappa shape index (κ2) is 12.4. The van der Waals surface area contributed by atoms with Crippen LogP contribution in [0.4, 0.5) is 10.1 Å². The van der Waals surface area contributed by atoms with E-state index in [0.29, 0.717) is 11.3 Å². The number of ether oxygens (including phenoxy) is 3. The Labute approximate surface area is 248 Å². The monoisotopic (exact) mass is 603 g/mol. The predicted octanol–water partition coefficient (Wildman–Crippen LogP) is 4.43. The molecule has 43 heavy (non-hydrogen) atoms. The molecule has 10 nitrogen and oxygen atoms in total.